The van der Waals surface area contributed by atoms with Crippen LogP contribution in [-0.4, -0.2) is 27.8 Å². The van der Waals surface area contributed by atoms with Gasteiger partial charge in [0.15, 0.2) is 0 Å². The van der Waals surface area contributed by atoms with Crippen molar-refractivity contribution in [2.24, 2.45) is 0 Å². The number of fused-ring (bicyclic) bond motifs is 1. The summed E-state index contributed by atoms with van der Waals surface area (Å²) in [5.41, 5.74) is 0.545. The summed E-state index contributed by atoms with van der Waals surface area (Å²) in [7, 11) is 1.70. The third kappa shape index (κ3) is 2.36. The van der Waals surface area contributed by atoms with E-state index >= 15 is 0 Å². The quantitative estimate of drug-likeness (QED) is 0.895. The molecule has 0 unspecified atom stereocenters. The zero-order valence-corrected chi connectivity index (χ0v) is 10.5. The Morgan fingerprint density at radius 1 is 1.59 bits per heavy atom. The van der Waals surface area contributed by atoms with E-state index in [0.29, 0.717) is 29.0 Å². The summed E-state index contributed by atoms with van der Waals surface area (Å²) in [6, 6.07) is 1.81. The van der Waals surface area contributed by atoms with Crippen molar-refractivity contribution in [2.45, 2.75) is 19.9 Å². The highest BCUT2D eigenvalue weighted by Crippen LogP contribution is 2.13. The van der Waals surface area contributed by atoms with E-state index in [1.165, 1.54) is 11.3 Å². The highest BCUT2D eigenvalue weighted by Gasteiger charge is 2.10. The van der Waals surface area contributed by atoms with E-state index in [-0.39, 0.29) is 11.5 Å². The minimum Gasteiger partial charge on any atom is -0.338 e. The zero-order chi connectivity index (χ0) is 12.4. The predicted molar refractivity (Wildman–Crippen MR) is 67.0 cm³/mol. The molecule has 0 aliphatic heterocycles. The Balaban J connectivity index is 2.30. The molecule has 5 nitrogen and oxygen atoms in total. The molecule has 2 rings (SSSR count). The average molecular weight is 251 g/mol. The first-order valence-electron chi connectivity index (χ1n) is 5.32. The number of aromatic nitrogens is 2. The van der Waals surface area contributed by atoms with Gasteiger partial charge in [0.05, 0.1) is 12.1 Å². The van der Waals surface area contributed by atoms with E-state index in [1.807, 2.05) is 5.38 Å². The van der Waals surface area contributed by atoms with E-state index in [0.717, 1.165) is 0 Å². The maximum atomic E-state index is 11.7. The third-order valence-electron chi connectivity index (χ3n) is 2.48. The second-order valence-electron chi connectivity index (χ2n) is 3.75. The number of H-pyrrole nitrogens is 1. The monoisotopic (exact) mass is 251 g/mol. The van der Waals surface area contributed by atoms with Crippen LogP contribution in [0, 0.1) is 0 Å². The highest BCUT2D eigenvalue weighted by atomic mass is 32.1. The first kappa shape index (κ1) is 11.8. The van der Waals surface area contributed by atoms with Crippen molar-refractivity contribution in [1.29, 1.82) is 0 Å². The molecule has 0 bridgehead atoms. The molecule has 2 aromatic heterocycles. The molecule has 0 radical (unpaired) electrons. The van der Waals surface area contributed by atoms with Crippen LogP contribution in [0.4, 0.5) is 0 Å². The number of aromatic amines is 1. The number of nitrogens with one attached hydrogen (secondary N) is 1. The molecule has 2 aromatic rings. The average Bonchev–Trinajstić information content (AvgIpc) is 2.76. The van der Waals surface area contributed by atoms with Gasteiger partial charge >= 0.3 is 0 Å². The largest absolute Gasteiger partial charge is 0.338 e. The molecule has 90 valence electrons. The molecular formula is C11H13N3O2S. The normalized spacial score (nSPS) is 10.7. The molecule has 0 aliphatic rings. The Morgan fingerprint density at radius 3 is 3.06 bits per heavy atom. The summed E-state index contributed by atoms with van der Waals surface area (Å²) >= 11 is 1.37. The molecule has 6 heteroatoms. The van der Waals surface area contributed by atoms with E-state index in [9.17, 15) is 9.59 Å². The van der Waals surface area contributed by atoms with E-state index in [1.54, 1.807) is 24.9 Å². The van der Waals surface area contributed by atoms with Gasteiger partial charge in [0, 0.05) is 13.5 Å². The number of thiophene rings is 1. The van der Waals surface area contributed by atoms with Crippen LogP contribution >= 0.6 is 11.3 Å². The summed E-state index contributed by atoms with van der Waals surface area (Å²) in [5.74, 6) is 0.545. The molecule has 1 amide bonds. The second kappa shape index (κ2) is 4.67. The van der Waals surface area contributed by atoms with Crippen molar-refractivity contribution in [1.82, 2.24) is 14.9 Å². The standard InChI is InChI=1S/C11H13N3O2S/c1-3-9(15)14(2)6-8-12-7-4-5-17-10(7)11(16)13-8/h4-5H,3,6H2,1-2H3,(H,12,13,16). The van der Waals surface area contributed by atoms with Gasteiger partial charge in [-0.15, -0.1) is 11.3 Å². The maximum absolute atomic E-state index is 11.7. The molecule has 17 heavy (non-hydrogen) atoms. The third-order valence-corrected chi connectivity index (χ3v) is 3.38. The molecule has 0 atom stereocenters. The minimum absolute atomic E-state index is 0.0260. The van der Waals surface area contributed by atoms with E-state index < -0.39 is 0 Å². The van der Waals surface area contributed by atoms with Gasteiger partial charge in [-0.05, 0) is 11.4 Å². The lowest BCUT2D eigenvalue weighted by molar-refractivity contribution is -0.130. The SMILES string of the molecule is CCC(=O)N(C)Cc1nc2ccsc2c(=O)[nH]1. The first-order chi connectivity index (χ1) is 8.11. The van der Waals surface area contributed by atoms with Gasteiger partial charge in [0.1, 0.15) is 10.5 Å². The number of amides is 1. The number of hydrogen-bond donors (Lipinski definition) is 1. The van der Waals surface area contributed by atoms with Crippen LogP contribution in [-0.2, 0) is 11.3 Å². The Morgan fingerprint density at radius 2 is 2.35 bits per heavy atom. The number of rotatable bonds is 3. The maximum Gasteiger partial charge on any atom is 0.268 e. The Kier molecular flexibility index (Phi) is 3.23. The van der Waals surface area contributed by atoms with Crippen LogP contribution < -0.4 is 5.56 Å². The van der Waals surface area contributed by atoms with Gasteiger partial charge in [0.2, 0.25) is 5.91 Å². The van der Waals surface area contributed by atoms with Crippen LogP contribution in [0.1, 0.15) is 19.2 Å². The molecule has 0 aromatic carbocycles. The second-order valence-corrected chi connectivity index (χ2v) is 4.67. The Labute approximate surface area is 102 Å². The van der Waals surface area contributed by atoms with Crippen LogP contribution in [0.3, 0.4) is 0 Å². The van der Waals surface area contributed by atoms with E-state index in [4.69, 9.17) is 0 Å². The zero-order valence-electron chi connectivity index (χ0n) is 9.69. The first-order valence-corrected chi connectivity index (χ1v) is 6.20. The van der Waals surface area contributed by atoms with Crippen LogP contribution in [0.15, 0.2) is 16.2 Å². The fraction of sp³-hybridized carbons (Fsp3) is 0.364. The van der Waals surface area contributed by atoms with Gasteiger partial charge in [-0.25, -0.2) is 4.98 Å². The van der Waals surface area contributed by atoms with E-state index in [2.05, 4.69) is 9.97 Å². The van der Waals surface area contributed by atoms with Gasteiger partial charge < -0.3 is 9.88 Å². The van der Waals surface area contributed by atoms with Gasteiger partial charge in [-0.1, -0.05) is 6.92 Å². The van der Waals surface area contributed by atoms with Crippen molar-refractivity contribution in [3.05, 3.63) is 27.6 Å². The van der Waals surface area contributed by atoms with Gasteiger partial charge in [-0.3, -0.25) is 9.59 Å². The molecule has 0 spiro atoms. The number of nitrogens with zero attached hydrogens (tertiary/aromatic N) is 2. The fourth-order valence-corrected chi connectivity index (χ4v) is 2.30. The van der Waals surface area contributed by atoms with Crippen molar-refractivity contribution in [3.8, 4) is 0 Å². The number of hydrogen-bond acceptors (Lipinski definition) is 4. The predicted octanol–water partition coefficient (Wildman–Crippen LogP) is 1.35. The number of carbonyl (C=O) groups excluding carboxylic acids is 1. The van der Waals surface area contributed by atoms with Gasteiger partial charge in [-0.2, -0.15) is 0 Å². The highest BCUT2D eigenvalue weighted by molar-refractivity contribution is 7.17. The van der Waals surface area contributed by atoms with Crippen LogP contribution in [0.5, 0.6) is 0 Å². The minimum atomic E-state index is -0.141. The lowest BCUT2D eigenvalue weighted by Crippen LogP contribution is -2.27. The molecule has 0 saturated carbocycles. The summed E-state index contributed by atoms with van der Waals surface area (Å²) in [5, 5.41) is 1.83. The van der Waals surface area contributed by atoms with Crippen molar-refractivity contribution < 1.29 is 4.79 Å². The molecule has 0 fully saturated rings. The topological polar surface area (TPSA) is 66.1 Å². The molecule has 1 N–H and O–H groups in total. The Bertz CT molecular complexity index is 602. The summed E-state index contributed by atoms with van der Waals surface area (Å²) < 4.78 is 0.623. The lowest BCUT2D eigenvalue weighted by Gasteiger charge is -2.15. The molecule has 0 aliphatic carbocycles. The van der Waals surface area contributed by atoms with Crippen molar-refractivity contribution in [3.63, 3.8) is 0 Å². The van der Waals surface area contributed by atoms with Crippen LogP contribution in [0.25, 0.3) is 10.2 Å². The summed E-state index contributed by atoms with van der Waals surface area (Å²) in [4.78, 5) is 31.7. The Hall–Kier alpha value is -1.69. The van der Waals surface area contributed by atoms with Crippen LogP contribution in [0.2, 0.25) is 0 Å². The summed E-state index contributed by atoms with van der Waals surface area (Å²) in [6.45, 7) is 2.13. The molecule has 0 saturated heterocycles. The smallest absolute Gasteiger partial charge is 0.268 e. The number of carbonyl (C=O) groups is 1. The summed E-state index contributed by atoms with van der Waals surface area (Å²) in [6.07, 6.45) is 0.446. The lowest BCUT2D eigenvalue weighted by atomic mass is 10.4. The van der Waals surface area contributed by atoms with Gasteiger partial charge in [0.25, 0.3) is 5.56 Å². The molecule has 2 heterocycles. The fourth-order valence-electron chi connectivity index (χ4n) is 1.58. The van der Waals surface area contributed by atoms with Crippen molar-refractivity contribution in [2.75, 3.05) is 7.05 Å². The molecular weight excluding hydrogens is 238 g/mol. The van der Waals surface area contributed by atoms with Crippen molar-refractivity contribution >= 4 is 27.5 Å².